The fourth-order valence-corrected chi connectivity index (χ4v) is 3.82. The molecule has 2 aromatic rings. The Morgan fingerprint density at radius 3 is 2.56 bits per heavy atom. The molecule has 0 radical (unpaired) electrons. The molecule has 27 heavy (non-hydrogen) atoms. The zero-order valence-corrected chi connectivity index (χ0v) is 16.7. The predicted molar refractivity (Wildman–Crippen MR) is 107 cm³/mol. The van der Waals surface area contributed by atoms with Crippen LogP contribution in [0.1, 0.15) is 35.1 Å². The van der Waals surface area contributed by atoms with Gasteiger partial charge in [0, 0.05) is 23.5 Å². The first kappa shape index (κ1) is 19.3. The Labute approximate surface area is 160 Å². The quantitative estimate of drug-likeness (QED) is 0.812. The highest BCUT2D eigenvalue weighted by atomic mass is 16.6. The molecule has 0 spiro atoms. The molecule has 2 N–H and O–H groups in total. The number of benzene rings is 1. The smallest absolute Gasteiger partial charge is 0.251 e. The molecular weight excluding hydrogens is 342 g/mol. The zero-order valence-electron chi connectivity index (χ0n) is 16.7. The molecule has 1 aliphatic heterocycles. The highest BCUT2D eigenvalue weighted by Crippen LogP contribution is 2.39. The lowest BCUT2D eigenvalue weighted by Crippen LogP contribution is -2.17. The second-order valence-electron chi connectivity index (χ2n) is 7.17. The van der Waals surface area contributed by atoms with Gasteiger partial charge in [0.2, 0.25) is 0 Å². The monoisotopic (exact) mass is 371 g/mol. The van der Waals surface area contributed by atoms with E-state index in [1.54, 1.807) is 0 Å². The van der Waals surface area contributed by atoms with Gasteiger partial charge in [-0.1, -0.05) is 13.0 Å². The largest absolute Gasteiger partial charge is 0.486 e. The number of carbonyl (C=O) groups excluding carboxylic acids is 1. The first-order valence-electron chi connectivity index (χ1n) is 9.50. The third kappa shape index (κ3) is 3.81. The summed E-state index contributed by atoms with van der Waals surface area (Å²) >= 11 is 0. The number of nitrogens with zero attached hydrogens (tertiary/aromatic N) is 2. The summed E-state index contributed by atoms with van der Waals surface area (Å²) in [4.78, 5) is 14.5. The molecule has 0 unspecified atom stereocenters. The van der Waals surface area contributed by atoms with E-state index in [-0.39, 0.29) is 0 Å². The molecule has 6 heteroatoms. The summed E-state index contributed by atoms with van der Waals surface area (Å²) in [5.74, 6) is 1.07. The van der Waals surface area contributed by atoms with Gasteiger partial charge in [-0.15, -0.1) is 0 Å². The van der Waals surface area contributed by atoms with E-state index < -0.39 is 5.91 Å². The number of rotatable bonds is 7. The molecular formula is C21H29N3O3. The molecule has 0 fully saturated rings. The van der Waals surface area contributed by atoms with Crippen LogP contribution in [0.15, 0.2) is 18.2 Å². The molecule has 0 saturated heterocycles. The molecule has 0 aliphatic carbocycles. The second kappa shape index (κ2) is 8.05. The van der Waals surface area contributed by atoms with Crippen molar-refractivity contribution >= 4 is 5.91 Å². The van der Waals surface area contributed by atoms with E-state index in [1.165, 1.54) is 0 Å². The molecule has 146 valence electrons. The van der Waals surface area contributed by atoms with Crippen molar-refractivity contribution < 1.29 is 14.3 Å². The lowest BCUT2D eigenvalue weighted by Gasteiger charge is -2.19. The summed E-state index contributed by atoms with van der Waals surface area (Å²) in [5, 5.41) is 0. The average Bonchev–Trinajstić information content (AvgIpc) is 2.93. The number of carbonyl (C=O) groups is 1. The van der Waals surface area contributed by atoms with Crippen molar-refractivity contribution in [3.63, 3.8) is 0 Å². The highest BCUT2D eigenvalue weighted by molar-refractivity contribution is 6.02. The maximum absolute atomic E-state index is 12.3. The molecule has 0 atom stereocenters. The van der Waals surface area contributed by atoms with Crippen molar-refractivity contribution in [2.75, 3.05) is 33.9 Å². The van der Waals surface area contributed by atoms with Gasteiger partial charge in [0.25, 0.3) is 5.91 Å². The summed E-state index contributed by atoms with van der Waals surface area (Å²) in [7, 11) is 4.14. The van der Waals surface area contributed by atoms with Crippen molar-refractivity contribution in [2.45, 2.75) is 33.2 Å². The number of ether oxygens (including phenoxy) is 2. The standard InChI is InChI=1S/C21H29N3O3/c1-5-16-20(15-7-8-17-18(13-15)27-12-11-26-17)19(21(22)25)14(2)24(16)10-6-9-23(3)4/h7-8,13H,5-6,9-12H2,1-4H3,(H2,22,25). The van der Waals surface area contributed by atoms with E-state index in [0.29, 0.717) is 24.5 Å². The molecule has 0 saturated carbocycles. The number of primary amides is 1. The number of hydrogen-bond donors (Lipinski definition) is 1. The minimum absolute atomic E-state index is 0.390. The molecule has 2 heterocycles. The molecule has 3 rings (SSSR count). The van der Waals surface area contributed by atoms with Crippen LogP contribution < -0.4 is 15.2 Å². The fourth-order valence-electron chi connectivity index (χ4n) is 3.82. The van der Waals surface area contributed by atoms with Crippen LogP contribution in [0.4, 0.5) is 0 Å². The fraction of sp³-hybridized carbons (Fsp3) is 0.476. The van der Waals surface area contributed by atoms with E-state index in [1.807, 2.05) is 25.1 Å². The third-order valence-electron chi connectivity index (χ3n) is 5.03. The van der Waals surface area contributed by atoms with E-state index in [2.05, 4.69) is 30.5 Å². The van der Waals surface area contributed by atoms with Crippen LogP contribution in [0.25, 0.3) is 11.1 Å². The maximum atomic E-state index is 12.3. The summed E-state index contributed by atoms with van der Waals surface area (Å²) < 4.78 is 13.6. The van der Waals surface area contributed by atoms with Gasteiger partial charge in [-0.05, 0) is 58.1 Å². The Hall–Kier alpha value is -2.47. The highest BCUT2D eigenvalue weighted by Gasteiger charge is 2.25. The molecule has 6 nitrogen and oxygen atoms in total. The Morgan fingerprint density at radius 1 is 1.22 bits per heavy atom. The van der Waals surface area contributed by atoms with Crippen LogP contribution >= 0.6 is 0 Å². The number of aromatic nitrogens is 1. The van der Waals surface area contributed by atoms with E-state index >= 15 is 0 Å². The number of amides is 1. The van der Waals surface area contributed by atoms with Gasteiger partial charge in [0.05, 0.1) is 5.56 Å². The maximum Gasteiger partial charge on any atom is 0.251 e. The molecule has 1 aromatic carbocycles. The molecule has 1 amide bonds. The van der Waals surface area contributed by atoms with Gasteiger partial charge in [-0.2, -0.15) is 0 Å². The Kier molecular flexibility index (Phi) is 5.75. The normalized spacial score (nSPS) is 13.2. The summed E-state index contributed by atoms with van der Waals surface area (Å²) in [6.45, 7) is 7.04. The lowest BCUT2D eigenvalue weighted by molar-refractivity contribution is 0.1000. The summed E-state index contributed by atoms with van der Waals surface area (Å²) in [6, 6.07) is 5.85. The van der Waals surface area contributed by atoms with Crippen LogP contribution in [0.5, 0.6) is 11.5 Å². The van der Waals surface area contributed by atoms with Crippen molar-refractivity contribution in [1.82, 2.24) is 9.47 Å². The second-order valence-corrected chi connectivity index (χ2v) is 7.17. The SMILES string of the molecule is CCc1c(-c2ccc3c(c2)OCCO3)c(C(N)=O)c(C)n1CCCN(C)C. The number of hydrogen-bond acceptors (Lipinski definition) is 4. The van der Waals surface area contributed by atoms with Crippen molar-refractivity contribution in [3.8, 4) is 22.6 Å². The first-order chi connectivity index (χ1) is 12.9. The first-order valence-corrected chi connectivity index (χ1v) is 9.50. The Morgan fingerprint density at radius 2 is 1.93 bits per heavy atom. The Balaban J connectivity index is 2.09. The zero-order chi connectivity index (χ0) is 19.6. The van der Waals surface area contributed by atoms with Crippen LogP contribution in [0, 0.1) is 6.92 Å². The van der Waals surface area contributed by atoms with Gasteiger partial charge in [-0.25, -0.2) is 0 Å². The topological polar surface area (TPSA) is 69.7 Å². The predicted octanol–water partition coefficient (Wildman–Crippen LogP) is 2.85. The lowest BCUT2D eigenvalue weighted by atomic mass is 9.98. The van der Waals surface area contributed by atoms with Crippen molar-refractivity contribution in [3.05, 3.63) is 35.2 Å². The summed E-state index contributed by atoms with van der Waals surface area (Å²) in [5.41, 5.74) is 10.3. The number of nitrogens with two attached hydrogens (primary N) is 1. The number of fused-ring (bicyclic) bond motifs is 1. The van der Waals surface area contributed by atoms with E-state index in [0.717, 1.165) is 54.2 Å². The average molecular weight is 371 g/mol. The van der Waals surface area contributed by atoms with Crippen LogP contribution in [-0.2, 0) is 13.0 Å². The van der Waals surface area contributed by atoms with E-state index in [4.69, 9.17) is 15.2 Å². The van der Waals surface area contributed by atoms with Crippen LogP contribution in [0.2, 0.25) is 0 Å². The van der Waals surface area contributed by atoms with Gasteiger partial charge < -0.3 is 24.7 Å². The van der Waals surface area contributed by atoms with Crippen molar-refractivity contribution in [2.24, 2.45) is 5.73 Å². The van der Waals surface area contributed by atoms with Gasteiger partial charge in [0.15, 0.2) is 11.5 Å². The minimum Gasteiger partial charge on any atom is -0.486 e. The molecule has 1 aliphatic rings. The molecule has 0 bridgehead atoms. The van der Waals surface area contributed by atoms with Gasteiger partial charge in [-0.3, -0.25) is 4.79 Å². The van der Waals surface area contributed by atoms with Gasteiger partial charge >= 0.3 is 0 Å². The third-order valence-corrected chi connectivity index (χ3v) is 5.03. The van der Waals surface area contributed by atoms with Crippen LogP contribution in [-0.4, -0.2) is 49.2 Å². The summed E-state index contributed by atoms with van der Waals surface area (Å²) in [6.07, 6.45) is 1.83. The molecule has 1 aromatic heterocycles. The minimum atomic E-state index is -0.390. The van der Waals surface area contributed by atoms with Gasteiger partial charge in [0.1, 0.15) is 13.2 Å². The van der Waals surface area contributed by atoms with Crippen LogP contribution in [0.3, 0.4) is 0 Å². The van der Waals surface area contributed by atoms with E-state index in [9.17, 15) is 4.79 Å². The Bertz CT molecular complexity index is 840. The van der Waals surface area contributed by atoms with Crippen molar-refractivity contribution in [1.29, 1.82) is 0 Å².